The van der Waals surface area contributed by atoms with Crippen LogP contribution in [0.25, 0.3) is 0 Å². The van der Waals surface area contributed by atoms with E-state index >= 15 is 0 Å². The number of ether oxygens (including phenoxy) is 1. The van der Waals surface area contributed by atoms with Gasteiger partial charge in [-0.1, -0.05) is 34.1 Å². The maximum absolute atomic E-state index is 11.7. The molecule has 1 heterocycles. The molecule has 0 saturated carbocycles. The third-order valence-electron chi connectivity index (χ3n) is 2.87. The van der Waals surface area contributed by atoms with Crippen molar-refractivity contribution in [3.8, 4) is 0 Å². The molecular weight excluding hydrogens is 282 g/mol. The van der Waals surface area contributed by atoms with Crippen molar-refractivity contribution < 1.29 is 9.53 Å². The summed E-state index contributed by atoms with van der Waals surface area (Å²) in [6.45, 7) is 1.36. The molecule has 0 bridgehead atoms. The van der Waals surface area contributed by atoms with Gasteiger partial charge in [-0.15, -0.1) is 0 Å². The van der Waals surface area contributed by atoms with Crippen LogP contribution < -0.4 is 5.32 Å². The lowest BCUT2D eigenvalue weighted by molar-refractivity contribution is -0.129. The standard InChI is InChI=1S/C13H16BrNO2/c14-11-5-2-1-4-10(11)7-8-15-13(16)12-6-3-9-17-12/h1-2,4-5,12H,3,6-9H2,(H,15,16)/t12-/m1/s1. The molecule has 0 radical (unpaired) electrons. The number of hydrogen-bond donors (Lipinski definition) is 1. The van der Waals surface area contributed by atoms with Gasteiger partial charge in [-0.2, -0.15) is 0 Å². The molecule has 1 aromatic carbocycles. The van der Waals surface area contributed by atoms with E-state index in [1.807, 2.05) is 18.2 Å². The van der Waals surface area contributed by atoms with Gasteiger partial charge in [-0.3, -0.25) is 4.79 Å². The van der Waals surface area contributed by atoms with Crippen LogP contribution in [-0.2, 0) is 16.0 Å². The molecule has 3 nitrogen and oxygen atoms in total. The van der Waals surface area contributed by atoms with E-state index in [4.69, 9.17) is 4.74 Å². The molecule has 1 aromatic rings. The number of carbonyl (C=O) groups is 1. The predicted molar refractivity (Wildman–Crippen MR) is 69.8 cm³/mol. The number of halogens is 1. The van der Waals surface area contributed by atoms with Crippen LogP contribution in [0.3, 0.4) is 0 Å². The summed E-state index contributed by atoms with van der Waals surface area (Å²) in [6.07, 6.45) is 2.44. The number of hydrogen-bond acceptors (Lipinski definition) is 2. The highest BCUT2D eigenvalue weighted by Crippen LogP contribution is 2.16. The minimum atomic E-state index is -0.228. The number of carbonyl (C=O) groups excluding carboxylic acids is 1. The highest BCUT2D eigenvalue weighted by Gasteiger charge is 2.22. The normalized spacial score (nSPS) is 19.2. The number of amides is 1. The van der Waals surface area contributed by atoms with Crippen molar-refractivity contribution in [1.29, 1.82) is 0 Å². The summed E-state index contributed by atoms with van der Waals surface area (Å²) in [7, 11) is 0. The molecule has 2 rings (SSSR count). The fraction of sp³-hybridized carbons (Fsp3) is 0.462. The smallest absolute Gasteiger partial charge is 0.249 e. The SMILES string of the molecule is O=C(NCCc1ccccc1Br)[C@H]1CCCO1. The molecule has 1 amide bonds. The van der Waals surface area contributed by atoms with Gasteiger partial charge in [0.1, 0.15) is 6.10 Å². The second-order valence-corrected chi connectivity index (χ2v) is 4.99. The molecular formula is C13H16BrNO2. The average Bonchev–Trinajstić information content (AvgIpc) is 2.85. The van der Waals surface area contributed by atoms with E-state index in [-0.39, 0.29) is 12.0 Å². The number of rotatable bonds is 4. The maximum atomic E-state index is 11.7. The maximum Gasteiger partial charge on any atom is 0.249 e. The zero-order chi connectivity index (χ0) is 12.1. The lowest BCUT2D eigenvalue weighted by Gasteiger charge is -2.10. The minimum absolute atomic E-state index is 0.0227. The van der Waals surface area contributed by atoms with Gasteiger partial charge in [-0.05, 0) is 30.9 Å². The Balaban J connectivity index is 1.76. The van der Waals surface area contributed by atoms with Gasteiger partial charge < -0.3 is 10.1 Å². The van der Waals surface area contributed by atoms with Gasteiger partial charge in [0.25, 0.3) is 0 Å². The molecule has 0 aliphatic carbocycles. The number of benzene rings is 1. The van der Waals surface area contributed by atoms with Crippen molar-refractivity contribution in [2.45, 2.75) is 25.4 Å². The first kappa shape index (κ1) is 12.6. The van der Waals surface area contributed by atoms with E-state index in [1.165, 1.54) is 5.56 Å². The third-order valence-corrected chi connectivity index (χ3v) is 3.65. The van der Waals surface area contributed by atoms with Gasteiger partial charge >= 0.3 is 0 Å². The molecule has 17 heavy (non-hydrogen) atoms. The third kappa shape index (κ3) is 3.54. The van der Waals surface area contributed by atoms with Crippen LogP contribution in [0.2, 0.25) is 0 Å². The topological polar surface area (TPSA) is 38.3 Å². The fourth-order valence-electron chi connectivity index (χ4n) is 1.92. The summed E-state index contributed by atoms with van der Waals surface area (Å²) in [6, 6.07) is 8.06. The van der Waals surface area contributed by atoms with E-state index in [0.29, 0.717) is 13.2 Å². The Hall–Kier alpha value is -0.870. The first-order valence-electron chi connectivity index (χ1n) is 5.90. The van der Waals surface area contributed by atoms with Crippen molar-refractivity contribution in [3.63, 3.8) is 0 Å². The van der Waals surface area contributed by atoms with Crippen LogP contribution in [-0.4, -0.2) is 25.2 Å². The van der Waals surface area contributed by atoms with Crippen molar-refractivity contribution in [2.24, 2.45) is 0 Å². The summed E-state index contributed by atoms with van der Waals surface area (Å²) < 4.78 is 6.41. The Kier molecular flexibility index (Phi) is 4.57. The Labute approximate surface area is 110 Å². The molecule has 1 aliphatic heterocycles. The molecule has 0 unspecified atom stereocenters. The molecule has 0 spiro atoms. The second kappa shape index (κ2) is 6.17. The lowest BCUT2D eigenvalue weighted by atomic mass is 10.1. The molecule has 1 N–H and O–H groups in total. The molecule has 1 fully saturated rings. The van der Waals surface area contributed by atoms with E-state index in [2.05, 4.69) is 27.3 Å². The van der Waals surface area contributed by atoms with Gasteiger partial charge in [-0.25, -0.2) is 0 Å². The first-order chi connectivity index (χ1) is 8.27. The van der Waals surface area contributed by atoms with E-state index in [0.717, 1.165) is 23.7 Å². The van der Waals surface area contributed by atoms with E-state index in [9.17, 15) is 4.79 Å². The summed E-state index contributed by atoms with van der Waals surface area (Å²) in [5.74, 6) is 0.0227. The molecule has 1 aliphatic rings. The Morgan fingerprint density at radius 3 is 3.00 bits per heavy atom. The fourth-order valence-corrected chi connectivity index (χ4v) is 2.40. The van der Waals surface area contributed by atoms with Gasteiger partial charge in [0.05, 0.1) is 0 Å². The summed E-state index contributed by atoms with van der Waals surface area (Å²) in [5.41, 5.74) is 1.21. The van der Waals surface area contributed by atoms with Gasteiger partial charge in [0, 0.05) is 17.6 Å². The van der Waals surface area contributed by atoms with Crippen molar-refractivity contribution in [2.75, 3.05) is 13.2 Å². The van der Waals surface area contributed by atoms with Gasteiger partial charge in [0.2, 0.25) is 5.91 Å². The van der Waals surface area contributed by atoms with Crippen LogP contribution in [0.5, 0.6) is 0 Å². The second-order valence-electron chi connectivity index (χ2n) is 4.13. The first-order valence-corrected chi connectivity index (χ1v) is 6.69. The van der Waals surface area contributed by atoms with Crippen LogP contribution in [0.4, 0.5) is 0 Å². The van der Waals surface area contributed by atoms with Crippen molar-refractivity contribution in [1.82, 2.24) is 5.32 Å². The number of nitrogens with one attached hydrogen (secondary N) is 1. The Morgan fingerprint density at radius 1 is 1.47 bits per heavy atom. The lowest BCUT2D eigenvalue weighted by Crippen LogP contribution is -2.35. The molecule has 92 valence electrons. The van der Waals surface area contributed by atoms with Crippen LogP contribution in [0.15, 0.2) is 28.7 Å². The van der Waals surface area contributed by atoms with Crippen molar-refractivity contribution >= 4 is 21.8 Å². The van der Waals surface area contributed by atoms with E-state index < -0.39 is 0 Å². The molecule has 4 heteroatoms. The summed E-state index contributed by atoms with van der Waals surface area (Å²) >= 11 is 3.49. The van der Waals surface area contributed by atoms with Crippen LogP contribution >= 0.6 is 15.9 Å². The zero-order valence-electron chi connectivity index (χ0n) is 9.62. The van der Waals surface area contributed by atoms with E-state index in [1.54, 1.807) is 0 Å². The van der Waals surface area contributed by atoms with Crippen molar-refractivity contribution in [3.05, 3.63) is 34.3 Å². The summed E-state index contributed by atoms with van der Waals surface area (Å²) in [5, 5.41) is 2.92. The van der Waals surface area contributed by atoms with Gasteiger partial charge in [0.15, 0.2) is 0 Å². The molecule has 1 saturated heterocycles. The molecule has 1 atom stereocenters. The zero-order valence-corrected chi connectivity index (χ0v) is 11.2. The minimum Gasteiger partial charge on any atom is -0.368 e. The predicted octanol–water partition coefficient (Wildman–Crippen LogP) is 2.29. The summed E-state index contributed by atoms with van der Waals surface area (Å²) in [4.78, 5) is 11.7. The van der Waals surface area contributed by atoms with Crippen LogP contribution in [0.1, 0.15) is 18.4 Å². The molecule has 0 aromatic heterocycles. The Bertz CT molecular complexity index is 389. The highest BCUT2D eigenvalue weighted by atomic mass is 79.9. The monoisotopic (exact) mass is 297 g/mol. The quantitative estimate of drug-likeness (QED) is 0.926. The Morgan fingerprint density at radius 2 is 2.29 bits per heavy atom. The largest absolute Gasteiger partial charge is 0.368 e. The van der Waals surface area contributed by atoms with Crippen LogP contribution in [0, 0.1) is 0 Å². The average molecular weight is 298 g/mol. The highest BCUT2D eigenvalue weighted by molar-refractivity contribution is 9.10.